The van der Waals surface area contributed by atoms with Gasteiger partial charge in [-0.2, -0.15) is 0 Å². The van der Waals surface area contributed by atoms with Gasteiger partial charge in [-0.15, -0.1) is 0 Å². The van der Waals surface area contributed by atoms with Crippen molar-refractivity contribution in [1.82, 2.24) is 4.98 Å². The number of aliphatic hydroxyl groups excluding tert-OH is 1. The molecule has 1 N–H and O–H groups in total. The number of ketones is 1. The van der Waals surface area contributed by atoms with Gasteiger partial charge >= 0.3 is 11.9 Å². The van der Waals surface area contributed by atoms with E-state index in [0.29, 0.717) is 5.56 Å². The molecule has 180 valence electrons. The summed E-state index contributed by atoms with van der Waals surface area (Å²) in [4.78, 5) is 43.9. The van der Waals surface area contributed by atoms with E-state index in [1.54, 1.807) is 6.92 Å². The van der Waals surface area contributed by atoms with E-state index in [4.69, 9.17) is 4.74 Å². The topological polar surface area (TPSA) is 96.8 Å². The van der Waals surface area contributed by atoms with Gasteiger partial charge in [0.05, 0.1) is 17.9 Å². The normalized spacial score (nSPS) is 17.2. The number of amides is 1. The zero-order chi connectivity index (χ0) is 25.4. The molecule has 2 heterocycles. The molecule has 0 bridgehead atoms. The van der Waals surface area contributed by atoms with E-state index in [0.717, 1.165) is 28.4 Å². The van der Waals surface area contributed by atoms with Crippen molar-refractivity contribution in [3.8, 4) is 0 Å². The maximum Gasteiger partial charge on any atom is 0.350 e. The molecule has 4 rings (SSSR count). The molecule has 1 saturated heterocycles. The summed E-state index contributed by atoms with van der Waals surface area (Å²) >= 11 is 0.809. The molecular formula is C25H20F2N2O5S. The Kier molecular flexibility index (Phi) is 6.49. The Morgan fingerprint density at radius 1 is 1.14 bits per heavy atom. The highest BCUT2D eigenvalue weighted by Gasteiger charge is 2.49. The van der Waals surface area contributed by atoms with Gasteiger partial charge in [-0.05, 0) is 38.5 Å². The smallest absolute Gasteiger partial charge is 0.350 e. The zero-order valence-electron chi connectivity index (χ0n) is 19.0. The van der Waals surface area contributed by atoms with Crippen LogP contribution in [0, 0.1) is 25.5 Å². The van der Waals surface area contributed by atoms with Gasteiger partial charge in [0.1, 0.15) is 28.3 Å². The molecule has 1 aliphatic rings. The number of anilines is 1. The molecule has 1 fully saturated rings. The van der Waals surface area contributed by atoms with Crippen LogP contribution in [0.15, 0.2) is 48.0 Å². The van der Waals surface area contributed by atoms with E-state index in [9.17, 15) is 28.3 Å². The third kappa shape index (κ3) is 4.21. The lowest BCUT2D eigenvalue weighted by atomic mass is 9.94. The van der Waals surface area contributed by atoms with Gasteiger partial charge in [-0.3, -0.25) is 14.5 Å². The maximum absolute atomic E-state index is 14.9. The molecule has 3 aromatic rings. The summed E-state index contributed by atoms with van der Waals surface area (Å²) in [7, 11) is 0. The molecular weight excluding hydrogens is 478 g/mol. The molecule has 1 amide bonds. The number of halogens is 2. The molecule has 0 saturated carbocycles. The maximum atomic E-state index is 14.9. The predicted molar refractivity (Wildman–Crippen MR) is 125 cm³/mol. The molecule has 2 aromatic carbocycles. The van der Waals surface area contributed by atoms with E-state index in [1.807, 2.05) is 0 Å². The van der Waals surface area contributed by atoms with Gasteiger partial charge in [0.15, 0.2) is 5.13 Å². The minimum Gasteiger partial charge on any atom is -0.507 e. The number of rotatable bonds is 5. The Balaban J connectivity index is 1.94. The molecule has 0 spiro atoms. The lowest BCUT2D eigenvalue weighted by molar-refractivity contribution is -0.132. The van der Waals surface area contributed by atoms with Crippen molar-refractivity contribution in [2.75, 3.05) is 11.5 Å². The number of esters is 1. The summed E-state index contributed by atoms with van der Waals surface area (Å²) in [5.41, 5.74) is 0.0332. The number of hydrogen-bond donors (Lipinski definition) is 1. The first-order valence-corrected chi connectivity index (χ1v) is 11.4. The van der Waals surface area contributed by atoms with E-state index >= 15 is 0 Å². The van der Waals surface area contributed by atoms with Gasteiger partial charge in [0.2, 0.25) is 0 Å². The fraction of sp³-hybridized carbons (Fsp3) is 0.200. The van der Waals surface area contributed by atoms with Crippen molar-refractivity contribution in [1.29, 1.82) is 0 Å². The monoisotopic (exact) mass is 498 g/mol. The van der Waals surface area contributed by atoms with Crippen LogP contribution in [0.2, 0.25) is 0 Å². The number of aliphatic hydroxyl groups is 1. The van der Waals surface area contributed by atoms with Crippen LogP contribution >= 0.6 is 11.3 Å². The predicted octanol–water partition coefficient (Wildman–Crippen LogP) is 4.84. The van der Waals surface area contributed by atoms with Crippen LogP contribution < -0.4 is 4.90 Å². The highest BCUT2D eigenvalue weighted by atomic mass is 32.1. The number of carbonyl (C=O) groups is 3. The molecule has 0 aliphatic carbocycles. The quantitative estimate of drug-likeness (QED) is 0.234. The summed E-state index contributed by atoms with van der Waals surface area (Å²) in [5.74, 6) is -4.83. The Labute approximate surface area is 203 Å². The number of hydrogen-bond acceptors (Lipinski definition) is 7. The van der Waals surface area contributed by atoms with Gasteiger partial charge in [0, 0.05) is 11.1 Å². The summed E-state index contributed by atoms with van der Waals surface area (Å²) in [6.45, 7) is 4.83. The number of benzene rings is 2. The molecule has 1 atom stereocenters. The fourth-order valence-electron chi connectivity index (χ4n) is 3.79. The second kappa shape index (κ2) is 9.38. The molecule has 10 heteroatoms. The van der Waals surface area contributed by atoms with Crippen molar-refractivity contribution in [3.63, 3.8) is 0 Å². The molecule has 7 nitrogen and oxygen atoms in total. The number of thiazole rings is 1. The Morgan fingerprint density at radius 2 is 1.86 bits per heavy atom. The summed E-state index contributed by atoms with van der Waals surface area (Å²) in [6.07, 6.45) is 0. The first-order chi connectivity index (χ1) is 16.6. The number of aromatic nitrogens is 1. The van der Waals surface area contributed by atoms with Gasteiger partial charge < -0.3 is 9.84 Å². The molecule has 35 heavy (non-hydrogen) atoms. The van der Waals surface area contributed by atoms with Gasteiger partial charge in [-0.1, -0.05) is 41.7 Å². The van der Waals surface area contributed by atoms with Crippen molar-refractivity contribution in [3.05, 3.63) is 86.9 Å². The van der Waals surface area contributed by atoms with E-state index in [-0.39, 0.29) is 33.4 Å². The number of aryl methyl sites for hydroxylation is 2. The van der Waals surface area contributed by atoms with Gasteiger partial charge in [0.25, 0.3) is 5.78 Å². The molecule has 0 radical (unpaired) electrons. The summed E-state index contributed by atoms with van der Waals surface area (Å²) in [5, 5.41) is 11.0. The van der Waals surface area contributed by atoms with Crippen molar-refractivity contribution >= 4 is 39.9 Å². The fourth-order valence-corrected chi connectivity index (χ4v) is 4.78. The second-order valence-corrected chi connectivity index (χ2v) is 8.76. The molecule has 1 aromatic heterocycles. The minimum atomic E-state index is -1.40. The highest BCUT2D eigenvalue weighted by Crippen LogP contribution is 2.44. The van der Waals surface area contributed by atoms with Crippen molar-refractivity contribution < 1.29 is 33.0 Å². The SMILES string of the molecule is CCOC(=O)c1sc(N2C(=O)C(=O)/C(=C(/O)c3ccc(C)c(F)c3)C2c2ccccc2F)nc1C. The Bertz CT molecular complexity index is 1400. The number of ether oxygens (including phenoxy) is 1. The lowest BCUT2D eigenvalue weighted by Gasteiger charge is -2.23. The molecule has 1 unspecified atom stereocenters. The van der Waals surface area contributed by atoms with Crippen LogP contribution in [-0.2, 0) is 14.3 Å². The van der Waals surface area contributed by atoms with Crippen LogP contribution in [0.25, 0.3) is 5.76 Å². The van der Waals surface area contributed by atoms with Crippen LogP contribution in [-0.4, -0.2) is 34.4 Å². The summed E-state index contributed by atoms with van der Waals surface area (Å²) < 4.78 is 34.2. The third-order valence-corrected chi connectivity index (χ3v) is 6.68. The van der Waals surface area contributed by atoms with Crippen LogP contribution in [0.5, 0.6) is 0 Å². The average molecular weight is 499 g/mol. The van der Waals surface area contributed by atoms with E-state index < -0.39 is 46.7 Å². The number of Topliss-reactive ketones (excluding diaryl/α,β-unsaturated/α-hetero) is 1. The first kappa shape index (κ1) is 24.2. The average Bonchev–Trinajstić information content (AvgIpc) is 3.32. The van der Waals surface area contributed by atoms with Crippen LogP contribution in [0.3, 0.4) is 0 Å². The second-order valence-electron chi connectivity index (χ2n) is 7.79. The third-order valence-electron chi connectivity index (χ3n) is 5.54. The van der Waals surface area contributed by atoms with E-state index in [1.165, 1.54) is 44.2 Å². The zero-order valence-corrected chi connectivity index (χ0v) is 19.8. The Hall–Kier alpha value is -3.92. The van der Waals surface area contributed by atoms with Crippen molar-refractivity contribution in [2.45, 2.75) is 26.8 Å². The van der Waals surface area contributed by atoms with E-state index in [2.05, 4.69) is 4.98 Å². The van der Waals surface area contributed by atoms with Crippen molar-refractivity contribution in [2.24, 2.45) is 0 Å². The first-order valence-electron chi connectivity index (χ1n) is 10.6. The van der Waals surface area contributed by atoms with Crippen LogP contribution in [0.4, 0.5) is 13.9 Å². The summed E-state index contributed by atoms with van der Waals surface area (Å²) in [6, 6.07) is 7.91. The lowest BCUT2D eigenvalue weighted by Crippen LogP contribution is -2.29. The number of carbonyl (C=O) groups excluding carboxylic acids is 3. The van der Waals surface area contributed by atoms with Gasteiger partial charge in [-0.25, -0.2) is 18.6 Å². The number of nitrogens with zero attached hydrogens (tertiary/aromatic N) is 2. The Morgan fingerprint density at radius 3 is 2.51 bits per heavy atom. The minimum absolute atomic E-state index is 0.0463. The highest BCUT2D eigenvalue weighted by molar-refractivity contribution is 7.17. The standard InChI is InChI=1S/C25H20F2N2O5S/c1-4-34-24(33)22-13(3)28-25(35-22)29-19(15-7-5-6-8-16(15)26)18(21(31)23(29)32)20(30)14-10-9-12(2)17(27)11-14/h5-11,19,30H,4H2,1-3H3/b20-18+. The van der Waals surface area contributed by atoms with Crippen LogP contribution in [0.1, 0.15) is 45.0 Å². The largest absolute Gasteiger partial charge is 0.507 e. The molecule has 1 aliphatic heterocycles.